The van der Waals surface area contributed by atoms with Crippen molar-refractivity contribution in [1.29, 1.82) is 0 Å². The molecule has 1 aliphatic heterocycles. The molecule has 1 atom stereocenters. The zero-order valence-electron chi connectivity index (χ0n) is 13.0. The van der Waals surface area contributed by atoms with Crippen LogP contribution in [0.1, 0.15) is 23.6 Å². The lowest BCUT2D eigenvalue weighted by atomic mass is 10.0. The van der Waals surface area contributed by atoms with Crippen LogP contribution in [-0.2, 0) is 6.54 Å². The monoisotopic (exact) mass is 316 g/mol. The molecule has 0 amide bonds. The molecule has 0 radical (unpaired) electrons. The van der Waals surface area contributed by atoms with E-state index in [1.165, 1.54) is 28.2 Å². The first-order valence-corrected chi connectivity index (χ1v) is 8.56. The van der Waals surface area contributed by atoms with E-state index < -0.39 is 0 Å². The van der Waals surface area contributed by atoms with Gasteiger partial charge in [-0.1, -0.05) is 18.2 Å². The van der Waals surface area contributed by atoms with Crippen molar-refractivity contribution in [2.24, 2.45) is 0 Å². The number of quaternary nitrogens is 1. The van der Waals surface area contributed by atoms with Gasteiger partial charge in [0.05, 0.1) is 14.2 Å². The Kier molecular flexibility index (Phi) is 4.90. The number of hydrogen-bond acceptors (Lipinski definition) is 3. The molecule has 1 aliphatic rings. The Morgan fingerprint density at radius 2 is 1.91 bits per heavy atom. The van der Waals surface area contributed by atoms with E-state index in [0.29, 0.717) is 6.04 Å². The highest BCUT2D eigenvalue weighted by atomic mass is 32.2. The number of methoxy groups -OCH3 is 2. The van der Waals surface area contributed by atoms with E-state index in [0.717, 1.165) is 18.0 Å². The van der Waals surface area contributed by atoms with E-state index in [-0.39, 0.29) is 0 Å². The minimum absolute atomic E-state index is 0.547. The summed E-state index contributed by atoms with van der Waals surface area (Å²) in [6.45, 7) is 0.948. The predicted octanol–water partition coefficient (Wildman–Crippen LogP) is 3.00. The largest absolute Gasteiger partial charge is 0.493 e. The minimum atomic E-state index is 0.547. The summed E-state index contributed by atoms with van der Waals surface area (Å²) in [5.74, 6) is 2.78. The van der Waals surface area contributed by atoms with Gasteiger partial charge in [-0.25, -0.2) is 0 Å². The van der Waals surface area contributed by atoms with E-state index >= 15 is 0 Å². The van der Waals surface area contributed by atoms with Crippen molar-refractivity contribution >= 4 is 11.8 Å². The van der Waals surface area contributed by atoms with E-state index in [1.54, 1.807) is 14.2 Å². The average molecular weight is 316 g/mol. The lowest BCUT2D eigenvalue weighted by molar-refractivity contribution is -0.711. The summed E-state index contributed by atoms with van der Waals surface area (Å²) in [5.41, 5.74) is 2.73. The zero-order chi connectivity index (χ0) is 15.4. The number of nitrogens with two attached hydrogens (primary N) is 1. The van der Waals surface area contributed by atoms with E-state index in [9.17, 15) is 0 Å². The lowest BCUT2D eigenvalue weighted by Gasteiger charge is -2.23. The number of ether oxygens (including phenoxy) is 2. The summed E-state index contributed by atoms with van der Waals surface area (Å²) in [6.07, 6.45) is 1.22. The number of hydrogen-bond donors (Lipinski definition) is 1. The molecule has 0 aromatic heterocycles. The van der Waals surface area contributed by atoms with Gasteiger partial charge in [-0.15, -0.1) is 11.8 Å². The fraction of sp³-hybridized carbons (Fsp3) is 0.333. The molecule has 0 saturated heterocycles. The third kappa shape index (κ3) is 3.23. The first-order valence-electron chi connectivity index (χ1n) is 7.57. The second-order valence-electron chi connectivity index (χ2n) is 5.41. The van der Waals surface area contributed by atoms with E-state index in [1.807, 2.05) is 17.8 Å². The molecule has 2 aromatic carbocycles. The summed E-state index contributed by atoms with van der Waals surface area (Å²) < 4.78 is 10.7. The first kappa shape index (κ1) is 15.3. The van der Waals surface area contributed by atoms with Crippen LogP contribution >= 0.6 is 11.8 Å². The molecule has 3 rings (SSSR count). The molecule has 0 unspecified atom stereocenters. The van der Waals surface area contributed by atoms with Gasteiger partial charge in [0, 0.05) is 28.2 Å². The third-order valence-electron chi connectivity index (χ3n) is 4.09. The van der Waals surface area contributed by atoms with Crippen molar-refractivity contribution in [2.75, 3.05) is 20.0 Å². The van der Waals surface area contributed by atoms with Crippen LogP contribution in [0, 0.1) is 0 Å². The molecule has 1 heterocycles. The van der Waals surface area contributed by atoms with E-state index in [2.05, 4.69) is 41.7 Å². The summed E-state index contributed by atoms with van der Waals surface area (Å²) >= 11 is 1.97. The molecule has 0 spiro atoms. The number of rotatable bonds is 5. The van der Waals surface area contributed by atoms with Crippen molar-refractivity contribution in [1.82, 2.24) is 0 Å². The Balaban J connectivity index is 1.71. The summed E-state index contributed by atoms with van der Waals surface area (Å²) in [4.78, 5) is 1.43. The van der Waals surface area contributed by atoms with Gasteiger partial charge in [0.25, 0.3) is 0 Å². The van der Waals surface area contributed by atoms with Crippen LogP contribution in [0.15, 0.2) is 47.4 Å². The van der Waals surface area contributed by atoms with Crippen LogP contribution < -0.4 is 14.8 Å². The standard InChI is InChI=1S/C18H21NO2S/c1-20-16-8-7-13(11-17(16)21-2)12-19-15-9-10-22-18-6-4-3-5-14(15)18/h3-8,11,15,19H,9-10,12H2,1-2H3/p+1/t15-/m1/s1. The highest BCUT2D eigenvalue weighted by Crippen LogP contribution is 2.34. The lowest BCUT2D eigenvalue weighted by Crippen LogP contribution is -2.84. The molecule has 3 nitrogen and oxygen atoms in total. The molecule has 2 N–H and O–H groups in total. The Morgan fingerprint density at radius 1 is 1.09 bits per heavy atom. The van der Waals surface area contributed by atoms with Crippen LogP contribution in [0.3, 0.4) is 0 Å². The Morgan fingerprint density at radius 3 is 2.73 bits per heavy atom. The average Bonchev–Trinajstić information content (AvgIpc) is 2.59. The van der Waals surface area contributed by atoms with Crippen molar-refractivity contribution in [3.8, 4) is 11.5 Å². The molecule has 4 heteroatoms. The SMILES string of the molecule is COc1ccc(C[NH2+][C@@H]2CCSc3ccccc32)cc1OC. The molecular formula is C18H22NO2S+. The minimum Gasteiger partial charge on any atom is -0.493 e. The highest BCUT2D eigenvalue weighted by molar-refractivity contribution is 7.99. The molecular weight excluding hydrogens is 294 g/mol. The van der Waals surface area contributed by atoms with Gasteiger partial charge in [-0.2, -0.15) is 0 Å². The van der Waals surface area contributed by atoms with Crippen LogP contribution in [0.4, 0.5) is 0 Å². The Hall–Kier alpha value is -1.65. The number of fused-ring (bicyclic) bond motifs is 1. The van der Waals surface area contributed by atoms with Gasteiger partial charge in [0.1, 0.15) is 12.6 Å². The van der Waals surface area contributed by atoms with Crippen LogP contribution in [-0.4, -0.2) is 20.0 Å². The second-order valence-corrected chi connectivity index (χ2v) is 6.55. The number of benzene rings is 2. The fourth-order valence-corrected chi connectivity index (χ4v) is 4.05. The van der Waals surface area contributed by atoms with Crippen molar-refractivity contribution in [2.45, 2.75) is 23.9 Å². The predicted molar refractivity (Wildman–Crippen MR) is 89.7 cm³/mol. The van der Waals surface area contributed by atoms with Gasteiger partial charge in [-0.3, -0.25) is 0 Å². The third-order valence-corrected chi connectivity index (χ3v) is 5.21. The molecule has 2 aromatic rings. The van der Waals surface area contributed by atoms with Gasteiger partial charge in [-0.05, 0) is 24.3 Å². The van der Waals surface area contributed by atoms with Crippen LogP contribution in [0.2, 0.25) is 0 Å². The maximum absolute atomic E-state index is 5.38. The number of thioether (sulfide) groups is 1. The summed E-state index contributed by atoms with van der Waals surface area (Å²) in [5, 5.41) is 2.43. The van der Waals surface area contributed by atoms with Crippen LogP contribution in [0.25, 0.3) is 0 Å². The maximum Gasteiger partial charge on any atom is 0.161 e. The smallest absolute Gasteiger partial charge is 0.161 e. The summed E-state index contributed by atoms with van der Waals surface area (Å²) in [7, 11) is 3.35. The normalized spacial score (nSPS) is 16.9. The summed E-state index contributed by atoms with van der Waals surface area (Å²) in [6, 6.07) is 15.5. The molecule has 22 heavy (non-hydrogen) atoms. The van der Waals surface area contributed by atoms with E-state index in [4.69, 9.17) is 9.47 Å². The van der Waals surface area contributed by atoms with Gasteiger partial charge < -0.3 is 14.8 Å². The van der Waals surface area contributed by atoms with Crippen molar-refractivity contribution in [3.05, 3.63) is 53.6 Å². The van der Waals surface area contributed by atoms with Gasteiger partial charge >= 0.3 is 0 Å². The molecule has 0 aliphatic carbocycles. The Bertz CT molecular complexity index is 645. The first-order chi connectivity index (χ1) is 10.8. The second kappa shape index (κ2) is 7.07. The molecule has 0 fully saturated rings. The van der Waals surface area contributed by atoms with Gasteiger partial charge in [0.2, 0.25) is 0 Å². The molecule has 116 valence electrons. The van der Waals surface area contributed by atoms with Crippen molar-refractivity contribution in [3.63, 3.8) is 0 Å². The Labute approximate surface area is 136 Å². The van der Waals surface area contributed by atoms with Crippen molar-refractivity contribution < 1.29 is 14.8 Å². The topological polar surface area (TPSA) is 35.1 Å². The molecule has 0 bridgehead atoms. The maximum atomic E-state index is 5.38. The zero-order valence-corrected chi connectivity index (χ0v) is 13.9. The quantitative estimate of drug-likeness (QED) is 0.921. The van der Waals surface area contributed by atoms with Crippen LogP contribution in [0.5, 0.6) is 11.5 Å². The highest BCUT2D eigenvalue weighted by Gasteiger charge is 2.22. The molecule has 0 saturated carbocycles. The van der Waals surface area contributed by atoms with Gasteiger partial charge in [0.15, 0.2) is 11.5 Å². The fourth-order valence-electron chi connectivity index (χ4n) is 2.90.